The van der Waals surface area contributed by atoms with Crippen molar-refractivity contribution in [1.29, 1.82) is 0 Å². The van der Waals surface area contributed by atoms with E-state index in [1.807, 2.05) is 0 Å². The highest BCUT2D eigenvalue weighted by Gasteiger charge is 1.97. The van der Waals surface area contributed by atoms with Crippen LogP contribution in [0, 0.1) is 5.92 Å². The molecular weight excluding hydrogens is 196 g/mol. The fourth-order valence-corrected chi connectivity index (χ4v) is 1.36. The van der Waals surface area contributed by atoms with E-state index in [-0.39, 0.29) is 6.61 Å². The molecule has 0 aliphatic heterocycles. The number of unbranched alkanes of at least 4 members (excludes halogenated alkanes) is 2. The fourth-order valence-electron chi connectivity index (χ4n) is 1.18. The van der Waals surface area contributed by atoms with Gasteiger partial charge in [0.15, 0.2) is 5.05 Å². The fraction of sp³-hybridized carbons (Fsp3) is 0.909. The van der Waals surface area contributed by atoms with Crippen LogP contribution in [0.5, 0.6) is 0 Å². The van der Waals surface area contributed by atoms with Crippen molar-refractivity contribution in [2.45, 2.75) is 46.0 Å². The molecule has 1 N–H and O–H groups in total. The first kappa shape index (κ1) is 13.8. The smallest absolute Gasteiger partial charge is 0.161 e. The molecule has 0 heterocycles. The van der Waals surface area contributed by atoms with Gasteiger partial charge in [-0.05, 0) is 24.6 Å². The molecule has 0 fully saturated rings. The van der Waals surface area contributed by atoms with E-state index in [9.17, 15) is 0 Å². The van der Waals surface area contributed by atoms with E-state index in [1.165, 1.54) is 19.3 Å². The predicted molar refractivity (Wildman–Crippen MR) is 63.6 cm³/mol. The largest absolute Gasteiger partial charge is 0.487 e. The van der Waals surface area contributed by atoms with Gasteiger partial charge in [-0.1, -0.05) is 33.1 Å². The summed E-state index contributed by atoms with van der Waals surface area (Å²) in [6, 6.07) is 0. The molecule has 0 aliphatic rings. The highest BCUT2D eigenvalue weighted by Crippen LogP contribution is 2.08. The van der Waals surface area contributed by atoms with Crippen molar-refractivity contribution in [2.24, 2.45) is 5.92 Å². The summed E-state index contributed by atoms with van der Waals surface area (Å²) < 4.78 is 5.26. The second kappa shape index (κ2) is 9.41. The van der Waals surface area contributed by atoms with Crippen LogP contribution in [0.1, 0.15) is 46.0 Å². The maximum Gasteiger partial charge on any atom is 0.161 e. The molecule has 14 heavy (non-hydrogen) atoms. The first-order chi connectivity index (χ1) is 6.66. The van der Waals surface area contributed by atoms with Gasteiger partial charge in [-0.25, -0.2) is 0 Å². The second-order valence-corrected chi connectivity index (χ2v) is 4.39. The molecule has 0 rings (SSSR count). The molecule has 0 saturated carbocycles. The minimum absolute atomic E-state index is 0.0895. The average Bonchev–Trinajstić information content (AvgIpc) is 2.11. The van der Waals surface area contributed by atoms with Crippen molar-refractivity contribution in [1.82, 2.24) is 0 Å². The molecule has 0 spiro atoms. The summed E-state index contributed by atoms with van der Waals surface area (Å²) in [6.45, 7) is 5.28. The Bertz CT molecular complexity index is 146. The van der Waals surface area contributed by atoms with Crippen LogP contribution in [0.3, 0.4) is 0 Å². The second-order valence-electron chi connectivity index (χ2n) is 3.94. The van der Waals surface area contributed by atoms with Gasteiger partial charge in [0.25, 0.3) is 0 Å². The SMILES string of the molecule is CC(C)CCCCCOC(=S)CCO. The minimum atomic E-state index is 0.0895. The normalized spacial score (nSPS) is 10.6. The van der Waals surface area contributed by atoms with Gasteiger partial charge < -0.3 is 9.84 Å². The Balaban J connectivity index is 3.09. The molecule has 0 aromatic rings. The highest BCUT2D eigenvalue weighted by molar-refractivity contribution is 7.80. The van der Waals surface area contributed by atoms with Gasteiger partial charge in [0.2, 0.25) is 0 Å². The zero-order valence-electron chi connectivity index (χ0n) is 9.29. The Kier molecular flexibility index (Phi) is 9.31. The molecule has 0 aliphatic carbocycles. The Morgan fingerprint density at radius 3 is 2.57 bits per heavy atom. The Morgan fingerprint density at radius 1 is 1.29 bits per heavy atom. The highest BCUT2D eigenvalue weighted by atomic mass is 32.1. The van der Waals surface area contributed by atoms with Crippen LogP contribution in [0.25, 0.3) is 0 Å². The van der Waals surface area contributed by atoms with Gasteiger partial charge in [-0.2, -0.15) is 0 Å². The van der Waals surface area contributed by atoms with Crippen LogP contribution in [-0.4, -0.2) is 23.4 Å². The molecule has 0 amide bonds. The molecular formula is C11H22O2S. The molecule has 84 valence electrons. The summed E-state index contributed by atoms with van der Waals surface area (Å²) in [7, 11) is 0. The van der Waals surface area contributed by atoms with Gasteiger partial charge in [-0.15, -0.1) is 0 Å². The average molecular weight is 218 g/mol. The van der Waals surface area contributed by atoms with Crippen molar-refractivity contribution in [3.05, 3.63) is 0 Å². The van der Waals surface area contributed by atoms with E-state index in [2.05, 4.69) is 13.8 Å². The number of aliphatic hydroxyl groups is 1. The van der Waals surface area contributed by atoms with E-state index in [1.54, 1.807) is 0 Å². The molecule has 3 heteroatoms. The summed E-state index contributed by atoms with van der Waals surface area (Å²) in [5, 5.41) is 9.11. The number of thiocarbonyl (C=S) groups is 1. The van der Waals surface area contributed by atoms with Gasteiger partial charge in [0.1, 0.15) is 0 Å². The van der Waals surface area contributed by atoms with E-state index in [4.69, 9.17) is 22.1 Å². The maximum atomic E-state index is 8.57. The van der Waals surface area contributed by atoms with Gasteiger partial charge >= 0.3 is 0 Å². The first-order valence-corrected chi connectivity index (χ1v) is 5.84. The lowest BCUT2D eigenvalue weighted by molar-refractivity contribution is 0.263. The first-order valence-electron chi connectivity index (χ1n) is 5.43. The molecule has 0 aromatic carbocycles. The molecule has 0 unspecified atom stereocenters. The quantitative estimate of drug-likeness (QED) is 0.502. The number of rotatable bonds is 8. The van der Waals surface area contributed by atoms with Crippen molar-refractivity contribution < 1.29 is 9.84 Å². The van der Waals surface area contributed by atoms with Gasteiger partial charge in [-0.3, -0.25) is 0 Å². The van der Waals surface area contributed by atoms with Crippen molar-refractivity contribution in [2.75, 3.05) is 13.2 Å². The molecule has 0 atom stereocenters. The van der Waals surface area contributed by atoms with Crippen molar-refractivity contribution in [3.63, 3.8) is 0 Å². The van der Waals surface area contributed by atoms with E-state index in [0.717, 1.165) is 12.3 Å². The van der Waals surface area contributed by atoms with Crippen LogP contribution in [0.2, 0.25) is 0 Å². The van der Waals surface area contributed by atoms with Gasteiger partial charge in [0.05, 0.1) is 13.2 Å². The lowest BCUT2D eigenvalue weighted by atomic mass is 10.1. The molecule has 0 aromatic heterocycles. The summed E-state index contributed by atoms with van der Waals surface area (Å²) in [5.74, 6) is 0.798. The number of hydrogen-bond acceptors (Lipinski definition) is 3. The molecule has 2 nitrogen and oxygen atoms in total. The van der Waals surface area contributed by atoms with E-state index in [0.29, 0.717) is 18.1 Å². The standard InChI is InChI=1S/C11H22O2S/c1-10(2)6-4-3-5-9-13-11(14)7-8-12/h10,12H,3-9H2,1-2H3. The maximum absolute atomic E-state index is 8.57. The van der Waals surface area contributed by atoms with Crippen molar-refractivity contribution >= 4 is 17.3 Å². The third-order valence-electron chi connectivity index (χ3n) is 2.00. The van der Waals surface area contributed by atoms with Crippen molar-refractivity contribution in [3.8, 4) is 0 Å². The number of hydrogen-bond donors (Lipinski definition) is 1. The topological polar surface area (TPSA) is 29.5 Å². The number of ether oxygens (including phenoxy) is 1. The monoisotopic (exact) mass is 218 g/mol. The summed E-state index contributed by atoms with van der Waals surface area (Å²) in [6.07, 6.45) is 5.33. The summed E-state index contributed by atoms with van der Waals surface area (Å²) >= 11 is 4.89. The number of aliphatic hydroxyl groups excluding tert-OH is 1. The van der Waals surface area contributed by atoms with Crippen LogP contribution in [-0.2, 0) is 4.74 Å². The summed E-state index contributed by atoms with van der Waals surface area (Å²) in [5.41, 5.74) is 0. The Labute approximate surface area is 92.7 Å². The Hall–Kier alpha value is -0.150. The van der Waals surface area contributed by atoms with E-state index >= 15 is 0 Å². The van der Waals surface area contributed by atoms with Crippen LogP contribution < -0.4 is 0 Å². The zero-order valence-corrected chi connectivity index (χ0v) is 10.1. The van der Waals surface area contributed by atoms with E-state index < -0.39 is 0 Å². The van der Waals surface area contributed by atoms with Crippen LogP contribution in [0.15, 0.2) is 0 Å². The van der Waals surface area contributed by atoms with Gasteiger partial charge in [0, 0.05) is 6.42 Å². The molecule has 0 saturated heterocycles. The lowest BCUT2D eigenvalue weighted by Gasteiger charge is -2.06. The minimum Gasteiger partial charge on any atom is -0.487 e. The third-order valence-corrected chi connectivity index (χ3v) is 2.33. The zero-order chi connectivity index (χ0) is 10.8. The molecule has 0 radical (unpaired) electrons. The van der Waals surface area contributed by atoms with Crippen LogP contribution >= 0.6 is 12.2 Å². The summed E-state index contributed by atoms with van der Waals surface area (Å²) in [4.78, 5) is 0. The third kappa shape index (κ3) is 9.93. The van der Waals surface area contributed by atoms with Crippen LogP contribution in [0.4, 0.5) is 0 Å². The predicted octanol–water partition coefficient (Wildman–Crippen LogP) is 2.93. The Morgan fingerprint density at radius 2 is 2.00 bits per heavy atom. The molecule has 0 bridgehead atoms. The lowest BCUT2D eigenvalue weighted by Crippen LogP contribution is -2.05.